The van der Waals surface area contributed by atoms with Crippen LogP contribution >= 0.6 is 0 Å². The van der Waals surface area contributed by atoms with Gasteiger partial charge in [0.2, 0.25) is 12.5 Å². The summed E-state index contributed by atoms with van der Waals surface area (Å²) in [6.45, 7) is 0. The van der Waals surface area contributed by atoms with E-state index < -0.39 is 18.9 Å². The molecule has 0 rings (SSSR count). The van der Waals surface area contributed by atoms with Crippen molar-refractivity contribution in [2.75, 3.05) is 0 Å². The average molecular weight is 156 g/mol. The minimum atomic E-state index is -4.10. The first kappa shape index (κ1) is 9.10. The lowest BCUT2D eigenvalue weighted by Crippen LogP contribution is -2.17. The Hall–Kier alpha value is -0.900. The lowest BCUT2D eigenvalue weighted by Gasteiger charge is -2.05. The molecule has 0 bridgehead atoms. The van der Waals surface area contributed by atoms with E-state index in [1.165, 1.54) is 0 Å². The quantitative estimate of drug-likeness (QED) is 0.262. The third-order valence-electron chi connectivity index (χ3n) is 0.521. The number of aliphatic imine (C=N–C) groups is 1. The first-order chi connectivity index (χ1) is 4.48. The molecule has 0 fully saturated rings. The molecule has 0 aliphatic carbocycles. The predicted octanol–water partition coefficient (Wildman–Crippen LogP) is 1.38. The minimum absolute atomic E-state index is 0.474. The van der Waals surface area contributed by atoms with E-state index in [4.69, 9.17) is 4.79 Å². The molecule has 0 spiro atoms. The molecule has 0 amide bonds. The highest BCUT2D eigenvalue weighted by Crippen LogP contribution is 2.21. The van der Waals surface area contributed by atoms with Crippen molar-refractivity contribution in [2.24, 2.45) is 4.99 Å². The van der Waals surface area contributed by atoms with Crippen LogP contribution in [-0.4, -0.2) is 18.6 Å². The van der Waals surface area contributed by atoms with Crippen molar-refractivity contribution < 1.29 is 22.4 Å². The van der Waals surface area contributed by atoms with Gasteiger partial charge in [-0.3, -0.25) is 0 Å². The smallest absolute Gasteiger partial charge is 0.211 e. The Morgan fingerprint density at radius 3 is 2.30 bits per heavy atom. The van der Waals surface area contributed by atoms with Crippen molar-refractivity contribution in [3.8, 4) is 0 Å². The molecule has 0 aliphatic rings. The van der Waals surface area contributed by atoms with Gasteiger partial charge in [0.05, 0.1) is 0 Å². The fourth-order valence-electron chi connectivity index (χ4n) is 0.250. The summed E-state index contributed by atoms with van der Waals surface area (Å²) in [5.74, 6) is 0. The molecule has 0 atom stereocenters. The molecule has 0 saturated carbocycles. The maximum Gasteiger partial charge on any atom is 0.361 e. The molecular formula is C4H2F4NO. The summed E-state index contributed by atoms with van der Waals surface area (Å²) < 4.78 is 45.7. The maximum absolute atomic E-state index is 11.7. The molecule has 0 heterocycles. The van der Waals surface area contributed by atoms with E-state index in [0.717, 1.165) is 0 Å². The summed E-state index contributed by atoms with van der Waals surface area (Å²) >= 11 is 0. The molecule has 10 heavy (non-hydrogen) atoms. The molecule has 0 aliphatic heterocycles. The largest absolute Gasteiger partial charge is 0.361 e. The highest BCUT2D eigenvalue weighted by atomic mass is 19.3. The Labute approximate surface area is 53.6 Å². The fraction of sp³-hybridized carbons (Fsp3) is 0.500. The molecule has 0 unspecified atom stereocenters. The van der Waals surface area contributed by atoms with Crippen molar-refractivity contribution >= 4 is 6.08 Å². The second-order valence-corrected chi connectivity index (χ2v) is 1.29. The second kappa shape index (κ2) is 3.31. The van der Waals surface area contributed by atoms with E-state index in [1.54, 1.807) is 0 Å². The van der Waals surface area contributed by atoms with Gasteiger partial charge in [0.15, 0.2) is 0 Å². The number of carbonyl (C=O) groups excluding carboxylic acids is 1. The number of nitrogens with zero attached hydrogens (tertiary/aromatic N) is 1. The average Bonchev–Trinajstić information content (AvgIpc) is 1.59. The third kappa shape index (κ3) is 4.03. The number of hydrogen-bond acceptors (Lipinski definition) is 2. The van der Waals surface area contributed by atoms with Crippen molar-refractivity contribution in [2.45, 2.75) is 12.5 Å². The van der Waals surface area contributed by atoms with Crippen LogP contribution < -0.4 is 0 Å². The van der Waals surface area contributed by atoms with Crippen LogP contribution in [0.25, 0.3) is 0 Å². The van der Waals surface area contributed by atoms with Crippen LogP contribution in [0.4, 0.5) is 17.6 Å². The Morgan fingerprint density at radius 1 is 1.50 bits per heavy atom. The zero-order valence-electron chi connectivity index (χ0n) is 4.52. The minimum Gasteiger partial charge on any atom is -0.211 e. The van der Waals surface area contributed by atoms with Crippen LogP contribution in [0.5, 0.6) is 0 Å². The van der Waals surface area contributed by atoms with Crippen LogP contribution in [0, 0.1) is 6.42 Å². The summed E-state index contributed by atoms with van der Waals surface area (Å²) in [4.78, 5) is 11.0. The Kier molecular flexibility index (Phi) is 3.02. The summed E-state index contributed by atoms with van der Waals surface area (Å²) in [6, 6.07) is -4.10. The predicted molar refractivity (Wildman–Crippen MR) is 23.4 cm³/mol. The van der Waals surface area contributed by atoms with E-state index in [9.17, 15) is 17.6 Å². The van der Waals surface area contributed by atoms with Gasteiger partial charge in [-0.05, 0) is 0 Å². The SMILES string of the molecule is O=C=NC(F)(F)[CH]C(F)F. The standard InChI is InChI=1S/C4H2F4NO/c5-3(6)1-4(7,8)9-2-10/h1,3H. The van der Waals surface area contributed by atoms with E-state index in [1.807, 2.05) is 4.99 Å². The highest BCUT2D eigenvalue weighted by molar-refractivity contribution is 5.34. The topological polar surface area (TPSA) is 29.4 Å². The van der Waals surface area contributed by atoms with Crippen molar-refractivity contribution in [3.05, 3.63) is 6.42 Å². The summed E-state index contributed by atoms with van der Waals surface area (Å²) in [5.41, 5.74) is 0. The van der Waals surface area contributed by atoms with Crippen LogP contribution in [0.2, 0.25) is 0 Å². The Balaban J connectivity index is 3.98. The van der Waals surface area contributed by atoms with Gasteiger partial charge in [0.25, 0.3) is 0 Å². The summed E-state index contributed by atoms with van der Waals surface area (Å²) in [6.07, 6.45) is -3.48. The zero-order valence-corrected chi connectivity index (χ0v) is 4.52. The van der Waals surface area contributed by atoms with E-state index in [-0.39, 0.29) is 0 Å². The normalized spacial score (nSPS) is 11.3. The lowest BCUT2D eigenvalue weighted by molar-refractivity contribution is 0.0103. The van der Waals surface area contributed by atoms with Crippen molar-refractivity contribution in [1.82, 2.24) is 0 Å². The molecule has 0 saturated heterocycles. The van der Waals surface area contributed by atoms with Gasteiger partial charge >= 0.3 is 6.05 Å². The van der Waals surface area contributed by atoms with Crippen molar-refractivity contribution in [1.29, 1.82) is 0 Å². The highest BCUT2D eigenvalue weighted by Gasteiger charge is 2.33. The molecule has 0 aromatic rings. The van der Waals surface area contributed by atoms with E-state index in [2.05, 4.69) is 0 Å². The summed E-state index contributed by atoms with van der Waals surface area (Å²) in [5, 5.41) is 0. The van der Waals surface area contributed by atoms with Crippen LogP contribution in [0.1, 0.15) is 0 Å². The Morgan fingerprint density at radius 2 is 2.00 bits per heavy atom. The maximum atomic E-state index is 11.7. The van der Waals surface area contributed by atoms with Gasteiger partial charge in [-0.2, -0.15) is 8.78 Å². The van der Waals surface area contributed by atoms with Gasteiger partial charge in [0, 0.05) is 0 Å². The zero-order chi connectivity index (χ0) is 8.20. The van der Waals surface area contributed by atoms with E-state index in [0.29, 0.717) is 6.08 Å². The first-order valence-electron chi connectivity index (χ1n) is 2.09. The number of hydrogen-bond donors (Lipinski definition) is 0. The van der Waals surface area contributed by atoms with Gasteiger partial charge in [-0.1, -0.05) is 0 Å². The van der Waals surface area contributed by atoms with Gasteiger partial charge in [0.1, 0.15) is 6.42 Å². The molecule has 0 aromatic carbocycles. The van der Waals surface area contributed by atoms with Gasteiger partial charge in [-0.25, -0.2) is 13.6 Å². The molecule has 2 nitrogen and oxygen atoms in total. The number of halogens is 4. The lowest BCUT2D eigenvalue weighted by atomic mass is 10.4. The summed E-state index contributed by atoms with van der Waals surface area (Å²) in [7, 11) is 0. The molecule has 0 aromatic heterocycles. The van der Waals surface area contributed by atoms with Crippen LogP contribution in [0.3, 0.4) is 0 Å². The van der Waals surface area contributed by atoms with Crippen LogP contribution in [-0.2, 0) is 4.79 Å². The van der Waals surface area contributed by atoms with Crippen molar-refractivity contribution in [3.63, 3.8) is 0 Å². The van der Waals surface area contributed by atoms with Gasteiger partial charge < -0.3 is 0 Å². The van der Waals surface area contributed by atoms with Gasteiger partial charge in [-0.15, -0.1) is 4.99 Å². The monoisotopic (exact) mass is 156 g/mol. The number of alkyl halides is 4. The molecule has 57 valence electrons. The Bertz CT molecular complexity index is 151. The molecular weight excluding hydrogens is 154 g/mol. The number of rotatable bonds is 3. The molecule has 0 N–H and O–H groups in total. The van der Waals surface area contributed by atoms with E-state index >= 15 is 0 Å². The molecule has 1 radical (unpaired) electrons. The fourth-order valence-corrected chi connectivity index (χ4v) is 0.250. The second-order valence-electron chi connectivity index (χ2n) is 1.29. The first-order valence-corrected chi connectivity index (χ1v) is 2.09. The number of isocyanates is 1. The molecule has 6 heteroatoms. The third-order valence-corrected chi connectivity index (χ3v) is 0.521. The van der Waals surface area contributed by atoms with Crippen LogP contribution in [0.15, 0.2) is 4.99 Å².